The van der Waals surface area contributed by atoms with Gasteiger partial charge in [0.25, 0.3) is 0 Å². The second-order valence-electron chi connectivity index (χ2n) is 10.9. The lowest BCUT2D eigenvalue weighted by molar-refractivity contribution is -0.129. The van der Waals surface area contributed by atoms with Crippen LogP contribution in [-0.2, 0) is 9.59 Å². The first-order chi connectivity index (χ1) is 19.1. The molecule has 0 aliphatic carbocycles. The molecule has 1 atom stereocenters. The molecule has 0 aromatic rings. The lowest BCUT2D eigenvalue weighted by Crippen LogP contribution is -2.54. The quantitative estimate of drug-likeness (QED) is 0.0709. The van der Waals surface area contributed by atoms with Crippen molar-refractivity contribution < 1.29 is 9.59 Å². The number of nitrogens with one attached hydrogen (secondary N) is 4. The molecule has 9 heteroatoms. The molecule has 1 heterocycles. The largest absolute Gasteiger partial charge is 0.344 e. The first-order valence-corrected chi connectivity index (χ1v) is 16.1. The van der Waals surface area contributed by atoms with Crippen LogP contribution in [0.4, 0.5) is 0 Å². The van der Waals surface area contributed by atoms with Crippen LogP contribution in [0.2, 0.25) is 0 Å². The summed E-state index contributed by atoms with van der Waals surface area (Å²) in [4.78, 5) is 32.6. The minimum absolute atomic E-state index is 0.0349. The highest BCUT2D eigenvalue weighted by atomic mass is 35.5. The van der Waals surface area contributed by atoms with E-state index in [-0.39, 0.29) is 11.8 Å². The highest BCUT2D eigenvalue weighted by Gasteiger charge is 2.22. The summed E-state index contributed by atoms with van der Waals surface area (Å²) < 4.78 is 0. The number of piperazine rings is 1. The molecule has 0 unspecified atom stereocenters. The topological polar surface area (TPSA) is 88.7 Å². The molecule has 39 heavy (non-hydrogen) atoms. The Labute approximate surface area is 244 Å². The van der Waals surface area contributed by atoms with E-state index in [1.54, 1.807) is 0 Å². The monoisotopic (exact) mass is 570 g/mol. The molecule has 0 saturated carbocycles. The summed E-state index contributed by atoms with van der Waals surface area (Å²) in [6.07, 6.45) is 22.5. The number of carbonyl (C=O) groups excluding carboxylic acids is 2. The van der Waals surface area contributed by atoms with E-state index in [0.29, 0.717) is 26.1 Å². The van der Waals surface area contributed by atoms with Crippen LogP contribution in [-0.4, -0.2) is 80.8 Å². The van der Waals surface area contributed by atoms with Crippen LogP contribution < -0.4 is 20.8 Å². The molecule has 0 aromatic heterocycles. The molecule has 1 aliphatic heterocycles. The number of allylic oxidation sites excluding steroid dienone is 2. The molecule has 1 aliphatic rings. The van der Waals surface area contributed by atoms with Crippen LogP contribution in [0.3, 0.4) is 0 Å². The summed E-state index contributed by atoms with van der Waals surface area (Å²) in [6.45, 7) is 8.07. The number of carbonyl (C=O) groups is 2. The smallest absolute Gasteiger partial charge is 0.243 e. The van der Waals surface area contributed by atoms with Gasteiger partial charge in [0.05, 0.1) is 6.67 Å². The van der Waals surface area contributed by atoms with E-state index < -0.39 is 6.04 Å². The van der Waals surface area contributed by atoms with Crippen molar-refractivity contribution in [3.63, 3.8) is 0 Å². The van der Waals surface area contributed by atoms with E-state index in [2.05, 4.69) is 49.7 Å². The molecule has 2 amide bonds. The summed E-state index contributed by atoms with van der Waals surface area (Å²) in [7, 11) is 1.96. The zero-order chi connectivity index (χ0) is 28.4. The average molecular weight is 571 g/mol. The minimum Gasteiger partial charge on any atom is -0.344 e. The van der Waals surface area contributed by atoms with Gasteiger partial charge in [0.15, 0.2) is 0 Å². The van der Waals surface area contributed by atoms with E-state index in [1.165, 1.54) is 57.8 Å². The number of hydrogen-bond donors (Lipinski definition) is 4. The normalized spacial score (nSPS) is 15.6. The molecule has 0 radical (unpaired) electrons. The lowest BCUT2D eigenvalue weighted by Gasteiger charge is -2.34. The number of halogens is 1. The number of amides is 2. The van der Waals surface area contributed by atoms with Crippen molar-refractivity contribution in [3.8, 4) is 0 Å². The second-order valence-corrected chi connectivity index (χ2v) is 11.2. The predicted molar refractivity (Wildman–Crippen MR) is 165 cm³/mol. The van der Waals surface area contributed by atoms with E-state index in [9.17, 15) is 9.59 Å². The Balaban J connectivity index is 2.15. The molecular formula is C30H59ClN6O2. The van der Waals surface area contributed by atoms with E-state index in [4.69, 9.17) is 11.8 Å². The average Bonchev–Trinajstić information content (AvgIpc) is 2.94. The van der Waals surface area contributed by atoms with Gasteiger partial charge < -0.3 is 16.0 Å². The fourth-order valence-corrected chi connectivity index (χ4v) is 5.04. The van der Waals surface area contributed by atoms with E-state index >= 15 is 0 Å². The van der Waals surface area contributed by atoms with Crippen LogP contribution in [0.15, 0.2) is 12.2 Å². The summed E-state index contributed by atoms with van der Waals surface area (Å²) in [6, 6.07) is -0.517. The molecule has 0 aromatic carbocycles. The van der Waals surface area contributed by atoms with Gasteiger partial charge in [0.2, 0.25) is 11.8 Å². The van der Waals surface area contributed by atoms with Gasteiger partial charge in [-0.05, 0) is 63.8 Å². The number of hydrogen-bond acceptors (Lipinski definition) is 6. The Hall–Kier alpha value is -1.19. The standard InChI is InChI=1S/C30H59ClN6O2/c1-3-4-5-6-7-8-9-10-11-12-13-14-15-16-17-20-29(38)35-28(19-18-21-34-31)30(39)33-27-37-24-22-36(23-25-37)26-32-2/h10-11,28,32,34H,3-9,12-27H2,1-2H3,(H,33,39)(H,35,38)/b11-10-/t28-/m0/s1. The summed E-state index contributed by atoms with van der Waals surface area (Å²) in [5.74, 6) is -0.146. The number of rotatable bonds is 25. The van der Waals surface area contributed by atoms with Crippen molar-refractivity contribution in [2.75, 3.05) is 53.1 Å². The Bertz CT molecular complexity index is 629. The molecule has 0 spiro atoms. The zero-order valence-corrected chi connectivity index (χ0v) is 25.8. The maximum Gasteiger partial charge on any atom is 0.243 e. The maximum atomic E-state index is 12.9. The van der Waals surface area contributed by atoms with Crippen LogP contribution in [0.5, 0.6) is 0 Å². The molecule has 4 N–H and O–H groups in total. The Morgan fingerprint density at radius 2 is 1.36 bits per heavy atom. The summed E-state index contributed by atoms with van der Waals surface area (Å²) >= 11 is 5.59. The molecule has 1 saturated heterocycles. The predicted octanol–water partition coefficient (Wildman–Crippen LogP) is 4.90. The van der Waals surface area contributed by atoms with Gasteiger partial charge in [-0.1, -0.05) is 70.4 Å². The van der Waals surface area contributed by atoms with Crippen molar-refractivity contribution >= 4 is 23.6 Å². The van der Waals surface area contributed by atoms with E-state index in [1.807, 2.05) is 7.05 Å². The fraction of sp³-hybridized carbons (Fsp3) is 0.867. The van der Waals surface area contributed by atoms with Crippen molar-refractivity contribution in [3.05, 3.63) is 12.2 Å². The second kappa shape index (κ2) is 25.8. The van der Waals surface area contributed by atoms with Crippen LogP contribution in [0.1, 0.15) is 110 Å². The van der Waals surface area contributed by atoms with Gasteiger partial charge in [-0.25, -0.2) is 4.84 Å². The fourth-order valence-electron chi connectivity index (χ4n) is 4.91. The van der Waals surface area contributed by atoms with Crippen molar-refractivity contribution in [1.82, 2.24) is 30.6 Å². The number of unbranched alkanes of at least 4 members (excludes halogenated alkanes) is 11. The molecule has 1 rings (SSSR count). The van der Waals surface area contributed by atoms with Gasteiger partial charge in [0, 0.05) is 45.8 Å². The first kappa shape index (κ1) is 35.8. The van der Waals surface area contributed by atoms with Crippen molar-refractivity contribution in [2.24, 2.45) is 0 Å². The highest BCUT2D eigenvalue weighted by molar-refractivity contribution is 6.13. The van der Waals surface area contributed by atoms with Crippen molar-refractivity contribution in [2.45, 2.75) is 116 Å². The third-order valence-corrected chi connectivity index (χ3v) is 7.59. The maximum absolute atomic E-state index is 12.9. The van der Waals surface area contributed by atoms with Crippen molar-refractivity contribution in [1.29, 1.82) is 0 Å². The summed E-state index contributed by atoms with van der Waals surface area (Å²) in [5.41, 5.74) is 0. The highest BCUT2D eigenvalue weighted by Crippen LogP contribution is 2.10. The van der Waals surface area contributed by atoms with Crippen LogP contribution in [0, 0.1) is 0 Å². The SMILES string of the molecule is CCCCCCCC/C=C\CCCCCCCC(=O)N[C@@H](CCCNCl)C(=O)NCN1CCN(CNC)CC1. The van der Waals surface area contributed by atoms with E-state index in [0.717, 1.165) is 65.0 Å². The lowest BCUT2D eigenvalue weighted by atomic mass is 10.1. The van der Waals surface area contributed by atoms with Gasteiger partial charge in [-0.15, -0.1) is 0 Å². The molecule has 228 valence electrons. The Kier molecular flexibility index (Phi) is 23.7. The van der Waals surface area contributed by atoms with Gasteiger partial charge in [-0.3, -0.25) is 19.4 Å². The molecule has 1 fully saturated rings. The first-order valence-electron chi connectivity index (χ1n) is 15.8. The molecular weight excluding hydrogens is 512 g/mol. The summed E-state index contributed by atoms with van der Waals surface area (Å²) in [5, 5.41) is 9.19. The molecule has 0 bridgehead atoms. The minimum atomic E-state index is -0.517. The van der Waals surface area contributed by atoms with Crippen LogP contribution >= 0.6 is 11.8 Å². The zero-order valence-electron chi connectivity index (χ0n) is 25.1. The molecule has 8 nitrogen and oxygen atoms in total. The van der Waals surface area contributed by atoms with Gasteiger partial charge in [-0.2, -0.15) is 0 Å². The Morgan fingerprint density at radius 3 is 1.95 bits per heavy atom. The van der Waals surface area contributed by atoms with Gasteiger partial charge in [0.1, 0.15) is 6.04 Å². The third kappa shape index (κ3) is 20.4. The number of nitrogens with zero attached hydrogens (tertiary/aromatic N) is 2. The van der Waals surface area contributed by atoms with Crippen LogP contribution in [0.25, 0.3) is 0 Å². The van der Waals surface area contributed by atoms with Gasteiger partial charge >= 0.3 is 0 Å². The Morgan fingerprint density at radius 1 is 0.795 bits per heavy atom. The third-order valence-electron chi connectivity index (χ3n) is 7.40.